The summed E-state index contributed by atoms with van der Waals surface area (Å²) >= 11 is 0. The maximum atomic E-state index is 12.3. The Morgan fingerprint density at radius 1 is 1.19 bits per heavy atom. The lowest BCUT2D eigenvalue weighted by molar-refractivity contribution is -0.154. The van der Waals surface area contributed by atoms with E-state index >= 15 is 0 Å². The summed E-state index contributed by atoms with van der Waals surface area (Å²) in [5.74, 6) is -1.10. The monoisotopic (exact) mass is 292 g/mol. The SMILES string of the molecule is O=C(C(=O)N(CCO)Cc1ccccc1)N1CCOCC1. The van der Waals surface area contributed by atoms with Gasteiger partial charge in [0.15, 0.2) is 0 Å². The number of hydrogen-bond donors (Lipinski definition) is 1. The van der Waals surface area contributed by atoms with Crippen LogP contribution in [0, 0.1) is 0 Å². The molecule has 1 saturated heterocycles. The summed E-state index contributed by atoms with van der Waals surface area (Å²) in [5, 5.41) is 9.12. The molecule has 0 atom stereocenters. The highest BCUT2D eigenvalue weighted by atomic mass is 16.5. The highest BCUT2D eigenvalue weighted by Crippen LogP contribution is 2.07. The summed E-state index contributed by atoms with van der Waals surface area (Å²) in [7, 11) is 0. The third kappa shape index (κ3) is 4.27. The van der Waals surface area contributed by atoms with E-state index in [0.29, 0.717) is 32.8 Å². The molecule has 6 heteroatoms. The summed E-state index contributed by atoms with van der Waals surface area (Å²) in [6.45, 7) is 2.07. The van der Waals surface area contributed by atoms with Gasteiger partial charge in [-0.1, -0.05) is 30.3 Å². The van der Waals surface area contributed by atoms with Crippen LogP contribution in [0.3, 0.4) is 0 Å². The number of nitrogens with zero attached hydrogens (tertiary/aromatic N) is 2. The Morgan fingerprint density at radius 3 is 2.48 bits per heavy atom. The fourth-order valence-corrected chi connectivity index (χ4v) is 2.21. The Morgan fingerprint density at radius 2 is 1.86 bits per heavy atom. The van der Waals surface area contributed by atoms with Crippen molar-refractivity contribution >= 4 is 11.8 Å². The molecule has 0 aliphatic carbocycles. The van der Waals surface area contributed by atoms with Crippen molar-refractivity contribution in [2.75, 3.05) is 39.5 Å². The molecule has 1 aliphatic heterocycles. The van der Waals surface area contributed by atoms with E-state index in [2.05, 4.69) is 0 Å². The standard InChI is InChI=1S/C15H20N2O4/c18-9-6-17(12-13-4-2-1-3-5-13)15(20)14(19)16-7-10-21-11-8-16/h1-5,18H,6-12H2. The number of aliphatic hydroxyl groups is 1. The second-order valence-electron chi connectivity index (χ2n) is 4.84. The predicted molar refractivity (Wildman–Crippen MR) is 76.3 cm³/mol. The average molecular weight is 292 g/mol. The molecular formula is C15H20N2O4. The zero-order chi connectivity index (χ0) is 15.1. The van der Waals surface area contributed by atoms with Crippen molar-refractivity contribution in [2.24, 2.45) is 0 Å². The lowest BCUT2D eigenvalue weighted by atomic mass is 10.2. The van der Waals surface area contributed by atoms with Gasteiger partial charge in [-0.2, -0.15) is 0 Å². The second kappa shape index (κ2) is 7.75. The maximum absolute atomic E-state index is 12.3. The van der Waals surface area contributed by atoms with Crippen LogP contribution in [0.15, 0.2) is 30.3 Å². The average Bonchev–Trinajstić information content (AvgIpc) is 2.55. The van der Waals surface area contributed by atoms with E-state index in [0.717, 1.165) is 5.56 Å². The predicted octanol–water partition coefficient (Wildman–Crippen LogP) is -0.134. The van der Waals surface area contributed by atoms with Crippen LogP contribution in [0.1, 0.15) is 5.56 Å². The molecule has 1 aliphatic rings. The Kier molecular flexibility index (Phi) is 5.71. The van der Waals surface area contributed by atoms with Crippen molar-refractivity contribution < 1.29 is 19.4 Å². The van der Waals surface area contributed by atoms with Crippen LogP contribution < -0.4 is 0 Å². The van der Waals surface area contributed by atoms with E-state index in [-0.39, 0.29) is 13.2 Å². The van der Waals surface area contributed by atoms with Crippen LogP contribution in [-0.4, -0.2) is 66.2 Å². The number of rotatable bonds is 4. The second-order valence-corrected chi connectivity index (χ2v) is 4.84. The lowest BCUT2D eigenvalue weighted by Gasteiger charge is -2.29. The number of hydrogen-bond acceptors (Lipinski definition) is 4. The summed E-state index contributed by atoms with van der Waals surface area (Å²) in [6, 6.07) is 9.41. The number of aliphatic hydroxyl groups excluding tert-OH is 1. The Labute approximate surface area is 123 Å². The Bertz CT molecular complexity index is 472. The first-order chi connectivity index (χ1) is 10.2. The molecule has 0 aromatic heterocycles. The number of benzene rings is 1. The van der Waals surface area contributed by atoms with Crippen LogP contribution in [0.25, 0.3) is 0 Å². The van der Waals surface area contributed by atoms with Crippen LogP contribution >= 0.6 is 0 Å². The molecule has 2 amide bonds. The van der Waals surface area contributed by atoms with Crippen molar-refractivity contribution in [3.05, 3.63) is 35.9 Å². The molecule has 114 valence electrons. The zero-order valence-corrected chi connectivity index (χ0v) is 11.9. The van der Waals surface area contributed by atoms with Gasteiger partial charge in [0.2, 0.25) is 0 Å². The van der Waals surface area contributed by atoms with E-state index in [1.54, 1.807) is 0 Å². The molecule has 0 bridgehead atoms. The minimum atomic E-state index is -0.574. The molecule has 1 N–H and O–H groups in total. The topological polar surface area (TPSA) is 70.1 Å². The van der Waals surface area contributed by atoms with Gasteiger partial charge < -0.3 is 19.6 Å². The van der Waals surface area contributed by atoms with Gasteiger partial charge >= 0.3 is 11.8 Å². The number of ether oxygens (including phenoxy) is 1. The van der Waals surface area contributed by atoms with Crippen LogP contribution in [0.2, 0.25) is 0 Å². The van der Waals surface area contributed by atoms with Crippen LogP contribution in [-0.2, 0) is 20.9 Å². The molecule has 21 heavy (non-hydrogen) atoms. The fraction of sp³-hybridized carbons (Fsp3) is 0.467. The molecule has 2 rings (SSSR count). The zero-order valence-electron chi connectivity index (χ0n) is 11.9. The maximum Gasteiger partial charge on any atom is 0.312 e. The van der Waals surface area contributed by atoms with Gasteiger partial charge in [0.1, 0.15) is 0 Å². The van der Waals surface area contributed by atoms with Crippen molar-refractivity contribution in [2.45, 2.75) is 6.54 Å². The number of amides is 2. The normalized spacial score (nSPS) is 14.8. The Hall–Kier alpha value is -1.92. The third-order valence-electron chi connectivity index (χ3n) is 3.35. The van der Waals surface area contributed by atoms with Gasteiger partial charge in [-0.05, 0) is 5.56 Å². The molecule has 1 heterocycles. The molecule has 1 fully saturated rings. The van der Waals surface area contributed by atoms with E-state index < -0.39 is 11.8 Å². The van der Waals surface area contributed by atoms with E-state index in [9.17, 15) is 9.59 Å². The molecule has 1 aromatic carbocycles. The highest BCUT2D eigenvalue weighted by Gasteiger charge is 2.27. The smallest absolute Gasteiger partial charge is 0.312 e. The lowest BCUT2D eigenvalue weighted by Crippen LogP contribution is -2.49. The number of morpholine rings is 1. The number of carbonyl (C=O) groups excluding carboxylic acids is 2. The van der Waals surface area contributed by atoms with Crippen molar-refractivity contribution in [1.82, 2.24) is 9.80 Å². The largest absolute Gasteiger partial charge is 0.395 e. The van der Waals surface area contributed by atoms with Gasteiger partial charge in [-0.3, -0.25) is 9.59 Å². The first kappa shape index (κ1) is 15.5. The molecule has 1 aromatic rings. The number of carbonyl (C=O) groups is 2. The molecule has 0 radical (unpaired) electrons. The fourth-order valence-electron chi connectivity index (χ4n) is 2.21. The summed E-state index contributed by atoms with van der Waals surface area (Å²) in [6.07, 6.45) is 0. The molecular weight excluding hydrogens is 272 g/mol. The van der Waals surface area contributed by atoms with Gasteiger partial charge in [-0.15, -0.1) is 0 Å². The third-order valence-corrected chi connectivity index (χ3v) is 3.35. The van der Waals surface area contributed by atoms with E-state index in [1.165, 1.54) is 9.80 Å². The summed E-state index contributed by atoms with van der Waals surface area (Å²) in [4.78, 5) is 27.4. The molecule has 0 spiro atoms. The Balaban J connectivity index is 2.02. The van der Waals surface area contributed by atoms with Crippen molar-refractivity contribution in [1.29, 1.82) is 0 Å². The van der Waals surface area contributed by atoms with Crippen molar-refractivity contribution in [3.63, 3.8) is 0 Å². The molecule has 0 unspecified atom stereocenters. The van der Waals surface area contributed by atoms with Gasteiger partial charge in [-0.25, -0.2) is 0 Å². The van der Waals surface area contributed by atoms with Gasteiger partial charge in [0.05, 0.1) is 19.8 Å². The van der Waals surface area contributed by atoms with E-state index in [1.807, 2.05) is 30.3 Å². The van der Waals surface area contributed by atoms with Crippen LogP contribution in [0.5, 0.6) is 0 Å². The first-order valence-corrected chi connectivity index (χ1v) is 7.03. The summed E-state index contributed by atoms with van der Waals surface area (Å²) in [5.41, 5.74) is 0.925. The minimum absolute atomic E-state index is 0.143. The van der Waals surface area contributed by atoms with Gasteiger partial charge in [0, 0.05) is 26.2 Å². The minimum Gasteiger partial charge on any atom is -0.395 e. The molecule has 6 nitrogen and oxygen atoms in total. The van der Waals surface area contributed by atoms with Gasteiger partial charge in [0.25, 0.3) is 0 Å². The van der Waals surface area contributed by atoms with E-state index in [4.69, 9.17) is 9.84 Å². The van der Waals surface area contributed by atoms with Crippen LogP contribution in [0.4, 0.5) is 0 Å². The van der Waals surface area contributed by atoms with Crippen molar-refractivity contribution in [3.8, 4) is 0 Å². The first-order valence-electron chi connectivity index (χ1n) is 7.03. The highest BCUT2D eigenvalue weighted by molar-refractivity contribution is 6.34. The summed E-state index contributed by atoms with van der Waals surface area (Å²) < 4.78 is 5.17. The quantitative estimate of drug-likeness (QED) is 0.785. The molecule has 0 saturated carbocycles.